The van der Waals surface area contributed by atoms with Crippen LogP contribution < -0.4 is 5.56 Å². The maximum absolute atomic E-state index is 12.5. The number of para-hydroxylation sites is 1. The van der Waals surface area contributed by atoms with Gasteiger partial charge in [0.1, 0.15) is 13.1 Å². The molecule has 122 valence electrons. The van der Waals surface area contributed by atoms with Gasteiger partial charge in [-0.1, -0.05) is 18.2 Å². The van der Waals surface area contributed by atoms with Crippen molar-refractivity contribution in [3.8, 4) is 0 Å². The molecule has 0 N–H and O–H groups in total. The van der Waals surface area contributed by atoms with Gasteiger partial charge in [0, 0.05) is 6.54 Å². The van der Waals surface area contributed by atoms with E-state index in [0.717, 1.165) is 10.9 Å². The van der Waals surface area contributed by atoms with Crippen LogP contribution in [-0.2, 0) is 11.3 Å². The standard InChI is InChI=1S/C15H14F3N3O2/c1-2-7-20(9-15(16,17)18)13(22)8-21-10-19-12-6-4-3-5-11(12)14(21)23/h2-6,10H,1,7-9H2. The zero-order valence-corrected chi connectivity index (χ0v) is 12.1. The van der Waals surface area contributed by atoms with Crippen LogP contribution in [-0.4, -0.2) is 39.6 Å². The molecule has 0 atom stereocenters. The van der Waals surface area contributed by atoms with Crippen molar-refractivity contribution in [2.75, 3.05) is 13.1 Å². The Morgan fingerprint density at radius 2 is 2.04 bits per heavy atom. The van der Waals surface area contributed by atoms with E-state index in [4.69, 9.17) is 0 Å². The van der Waals surface area contributed by atoms with Crippen LogP contribution in [0.1, 0.15) is 0 Å². The van der Waals surface area contributed by atoms with Gasteiger partial charge in [-0.05, 0) is 12.1 Å². The summed E-state index contributed by atoms with van der Waals surface area (Å²) in [5, 5.41) is 0.300. The largest absolute Gasteiger partial charge is 0.406 e. The molecule has 0 radical (unpaired) electrons. The van der Waals surface area contributed by atoms with E-state index in [1.165, 1.54) is 6.08 Å². The number of amides is 1. The number of carbonyl (C=O) groups is 1. The molecule has 0 spiro atoms. The minimum Gasteiger partial charge on any atom is -0.328 e. The third-order valence-electron chi connectivity index (χ3n) is 3.11. The predicted molar refractivity (Wildman–Crippen MR) is 78.8 cm³/mol. The van der Waals surface area contributed by atoms with Crippen molar-refractivity contribution in [2.45, 2.75) is 12.7 Å². The van der Waals surface area contributed by atoms with Crippen LogP contribution in [0, 0.1) is 0 Å². The van der Waals surface area contributed by atoms with E-state index >= 15 is 0 Å². The minimum absolute atomic E-state index is 0.256. The molecule has 23 heavy (non-hydrogen) atoms. The Labute approximate surface area is 129 Å². The monoisotopic (exact) mass is 325 g/mol. The molecule has 0 aliphatic carbocycles. The number of nitrogens with zero attached hydrogens (tertiary/aromatic N) is 3. The summed E-state index contributed by atoms with van der Waals surface area (Å²) in [6, 6.07) is 6.53. The van der Waals surface area contributed by atoms with Crippen molar-refractivity contribution in [3.63, 3.8) is 0 Å². The van der Waals surface area contributed by atoms with E-state index in [-0.39, 0.29) is 6.54 Å². The van der Waals surface area contributed by atoms with Crippen LogP contribution in [0.3, 0.4) is 0 Å². The van der Waals surface area contributed by atoms with Crippen LogP contribution in [0.15, 0.2) is 48.0 Å². The lowest BCUT2D eigenvalue weighted by molar-refractivity contribution is -0.160. The predicted octanol–water partition coefficient (Wildman–Crippen LogP) is 1.97. The lowest BCUT2D eigenvalue weighted by Gasteiger charge is -2.22. The van der Waals surface area contributed by atoms with E-state index in [1.807, 2.05) is 0 Å². The van der Waals surface area contributed by atoms with Crippen molar-refractivity contribution in [1.29, 1.82) is 0 Å². The summed E-state index contributed by atoms with van der Waals surface area (Å²) in [6.45, 7) is 1.17. The fraction of sp³-hybridized carbons (Fsp3) is 0.267. The molecule has 0 aliphatic heterocycles. The summed E-state index contributed by atoms with van der Waals surface area (Å²) in [4.78, 5) is 28.9. The van der Waals surface area contributed by atoms with Crippen LogP contribution in [0.2, 0.25) is 0 Å². The number of alkyl halides is 3. The molecule has 1 amide bonds. The highest BCUT2D eigenvalue weighted by atomic mass is 19.4. The number of halogens is 3. The second-order valence-electron chi connectivity index (χ2n) is 4.87. The van der Waals surface area contributed by atoms with Gasteiger partial charge in [0.05, 0.1) is 17.2 Å². The Morgan fingerprint density at radius 1 is 1.35 bits per heavy atom. The summed E-state index contributed by atoms with van der Waals surface area (Å²) >= 11 is 0. The molecule has 2 rings (SSSR count). The Morgan fingerprint density at radius 3 is 2.70 bits per heavy atom. The van der Waals surface area contributed by atoms with E-state index in [1.54, 1.807) is 24.3 Å². The molecule has 8 heteroatoms. The van der Waals surface area contributed by atoms with E-state index in [9.17, 15) is 22.8 Å². The third kappa shape index (κ3) is 4.18. The van der Waals surface area contributed by atoms with Gasteiger partial charge in [0.15, 0.2) is 0 Å². The molecular formula is C15H14F3N3O2. The maximum Gasteiger partial charge on any atom is 0.406 e. The summed E-state index contributed by atoms with van der Waals surface area (Å²) < 4.78 is 38.5. The highest BCUT2D eigenvalue weighted by Crippen LogP contribution is 2.16. The molecule has 0 unspecified atom stereocenters. The Kier molecular flexibility index (Phi) is 4.83. The number of hydrogen-bond donors (Lipinski definition) is 0. The SMILES string of the molecule is C=CCN(CC(F)(F)F)C(=O)Cn1cnc2ccccc2c1=O. The molecule has 5 nitrogen and oxygen atoms in total. The zero-order chi connectivity index (χ0) is 17.0. The molecule has 0 bridgehead atoms. The second-order valence-corrected chi connectivity index (χ2v) is 4.87. The van der Waals surface area contributed by atoms with E-state index in [0.29, 0.717) is 15.8 Å². The molecular weight excluding hydrogens is 311 g/mol. The Balaban J connectivity index is 2.26. The average molecular weight is 325 g/mol. The maximum atomic E-state index is 12.5. The molecule has 0 saturated carbocycles. The number of carbonyl (C=O) groups excluding carboxylic acids is 1. The summed E-state index contributed by atoms with van der Waals surface area (Å²) in [5.74, 6) is -0.832. The normalized spacial score (nSPS) is 11.4. The van der Waals surface area contributed by atoms with Gasteiger partial charge in [0.2, 0.25) is 5.91 Å². The van der Waals surface area contributed by atoms with Crippen LogP contribution in [0.5, 0.6) is 0 Å². The Hall–Kier alpha value is -2.64. The number of aromatic nitrogens is 2. The number of hydrogen-bond acceptors (Lipinski definition) is 3. The summed E-state index contributed by atoms with van der Waals surface area (Å²) in [5.41, 5.74) is -0.0195. The molecule has 0 fully saturated rings. The molecule has 0 aliphatic rings. The first-order chi connectivity index (χ1) is 10.8. The van der Waals surface area contributed by atoms with Crippen molar-refractivity contribution in [3.05, 3.63) is 53.6 Å². The fourth-order valence-corrected chi connectivity index (χ4v) is 2.09. The molecule has 1 aromatic heterocycles. The van der Waals surface area contributed by atoms with E-state index in [2.05, 4.69) is 11.6 Å². The average Bonchev–Trinajstić information content (AvgIpc) is 2.48. The number of rotatable bonds is 5. The summed E-state index contributed by atoms with van der Waals surface area (Å²) in [7, 11) is 0. The van der Waals surface area contributed by atoms with Gasteiger partial charge in [-0.15, -0.1) is 6.58 Å². The first-order valence-electron chi connectivity index (χ1n) is 6.71. The van der Waals surface area contributed by atoms with Crippen molar-refractivity contribution in [1.82, 2.24) is 14.5 Å². The fourth-order valence-electron chi connectivity index (χ4n) is 2.09. The van der Waals surface area contributed by atoms with Crippen molar-refractivity contribution >= 4 is 16.8 Å². The minimum atomic E-state index is -4.52. The second kappa shape index (κ2) is 6.64. The lowest BCUT2D eigenvalue weighted by atomic mass is 10.2. The third-order valence-corrected chi connectivity index (χ3v) is 3.11. The topological polar surface area (TPSA) is 55.2 Å². The highest BCUT2D eigenvalue weighted by molar-refractivity contribution is 5.79. The first kappa shape index (κ1) is 16.7. The Bertz CT molecular complexity index is 783. The van der Waals surface area contributed by atoms with Gasteiger partial charge in [-0.25, -0.2) is 4.98 Å². The quantitative estimate of drug-likeness (QED) is 0.790. The van der Waals surface area contributed by atoms with Crippen molar-refractivity contribution in [2.24, 2.45) is 0 Å². The smallest absolute Gasteiger partial charge is 0.328 e. The lowest BCUT2D eigenvalue weighted by Crippen LogP contribution is -2.42. The summed E-state index contributed by atoms with van der Waals surface area (Å²) in [6.07, 6.45) is -2.17. The van der Waals surface area contributed by atoms with Gasteiger partial charge in [-0.3, -0.25) is 14.2 Å². The molecule has 2 aromatic rings. The van der Waals surface area contributed by atoms with Crippen LogP contribution in [0.25, 0.3) is 10.9 Å². The zero-order valence-electron chi connectivity index (χ0n) is 12.1. The van der Waals surface area contributed by atoms with Gasteiger partial charge in [0.25, 0.3) is 5.56 Å². The number of fused-ring (bicyclic) bond motifs is 1. The van der Waals surface area contributed by atoms with Crippen LogP contribution >= 0.6 is 0 Å². The first-order valence-corrected chi connectivity index (χ1v) is 6.71. The van der Waals surface area contributed by atoms with Crippen LogP contribution in [0.4, 0.5) is 13.2 Å². The highest BCUT2D eigenvalue weighted by Gasteiger charge is 2.32. The van der Waals surface area contributed by atoms with Gasteiger partial charge in [-0.2, -0.15) is 13.2 Å². The molecule has 1 heterocycles. The van der Waals surface area contributed by atoms with Crippen molar-refractivity contribution < 1.29 is 18.0 Å². The van der Waals surface area contributed by atoms with E-state index < -0.39 is 30.7 Å². The van der Waals surface area contributed by atoms with Gasteiger partial charge < -0.3 is 4.90 Å². The van der Waals surface area contributed by atoms with Gasteiger partial charge >= 0.3 is 6.18 Å². The molecule has 1 aromatic carbocycles. The number of benzene rings is 1. The molecule has 0 saturated heterocycles.